The largest absolute Gasteiger partial charge is 0.452 e. The van der Waals surface area contributed by atoms with Crippen LogP contribution in [0.15, 0.2) is 29.4 Å². The number of amides is 1. The fraction of sp³-hybridized carbons (Fsp3) is 0.273. The van der Waals surface area contributed by atoms with Crippen molar-refractivity contribution in [3.05, 3.63) is 35.6 Å². The zero-order chi connectivity index (χ0) is 12.0. The van der Waals surface area contributed by atoms with Crippen LogP contribution < -0.4 is 5.43 Å². The molecule has 0 saturated heterocycles. The highest BCUT2D eigenvalue weighted by Crippen LogP contribution is 2.06. The van der Waals surface area contributed by atoms with Crippen molar-refractivity contribution >= 4 is 11.8 Å². The van der Waals surface area contributed by atoms with E-state index in [1.165, 1.54) is 19.2 Å². The van der Waals surface area contributed by atoms with Crippen molar-refractivity contribution in [1.29, 1.82) is 0 Å². The molecular formula is C11H13FN2O2. The maximum Gasteiger partial charge on any atom is 0.427 e. The molecule has 0 spiro atoms. The number of hydrogen-bond donors (Lipinski definition) is 1. The Labute approximate surface area is 93.1 Å². The number of carbonyl (C=O) groups excluding carboxylic acids is 1. The molecule has 0 radical (unpaired) electrons. The van der Waals surface area contributed by atoms with Crippen LogP contribution >= 0.6 is 0 Å². The van der Waals surface area contributed by atoms with Crippen molar-refractivity contribution in [3.63, 3.8) is 0 Å². The maximum atomic E-state index is 12.7. The number of halogens is 1. The van der Waals surface area contributed by atoms with E-state index in [1.807, 2.05) is 6.92 Å². The molecule has 1 amide bonds. The molecule has 0 aliphatic carbocycles. The fourth-order valence-electron chi connectivity index (χ4n) is 1.15. The number of methoxy groups -OCH3 is 1. The van der Waals surface area contributed by atoms with Gasteiger partial charge in [-0.05, 0) is 24.1 Å². The van der Waals surface area contributed by atoms with Crippen LogP contribution in [0.3, 0.4) is 0 Å². The van der Waals surface area contributed by atoms with E-state index in [9.17, 15) is 9.18 Å². The lowest BCUT2D eigenvalue weighted by Gasteiger charge is -2.04. The van der Waals surface area contributed by atoms with Gasteiger partial charge in [-0.25, -0.2) is 14.6 Å². The van der Waals surface area contributed by atoms with E-state index in [1.54, 1.807) is 12.1 Å². The zero-order valence-corrected chi connectivity index (χ0v) is 9.16. The van der Waals surface area contributed by atoms with Gasteiger partial charge in [-0.1, -0.05) is 19.1 Å². The first kappa shape index (κ1) is 12.2. The van der Waals surface area contributed by atoms with E-state index in [0.717, 1.165) is 5.56 Å². The van der Waals surface area contributed by atoms with Crippen molar-refractivity contribution in [3.8, 4) is 0 Å². The second-order valence-electron chi connectivity index (χ2n) is 3.02. The summed E-state index contributed by atoms with van der Waals surface area (Å²) < 4.78 is 17.1. The third-order valence-corrected chi connectivity index (χ3v) is 1.98. The third-order valence-electron chi connectivity index (χ3n) is 1.98. The first-order chi connectivity index (χ1) is 7.67. The Hall–Kier alpha value is -1.91. The summed E-state index contributed by atoms with van der Waals surface area (Å²) in [5.41, 5.74) is 3.65. The minimum absolute atomic E-state index is 0.305. The van der Waals surface area contributed by atoms with Crippen LogP contribution in [0.25, 0.3) is 0 Å². The van der Waals surface area contributed by atoms with Crippen molar-refractivity contribution in [1.82, 2.24) is 5.43 Å². The molecule has 1 rings (SSSR count). The summed E-state index contributed by atoms with van der Waals surface area (Å²) in [7, 11) is 1.26. The highest BCUT2D eigenvalue weighted by molar-refractivity contribution is 6.00. The maximum absolute atomic E-state index is 12.7. The van der Waals surface area contributed by atoms with Gasteiger partial charge in [0.15, 0.2) is 0 Å². The lowest BCUT2D eigenvalue weighted by molar-refractivity contribution is 0.171. The molecule has 1 N–H and O–H groups in total. The summed E-state index contributed by atoms with van der Waals surface area (Å²) in [5.74, 6) is -0.305. The van der Waals surface area contributed by atoms with Gasteiger partial charge in [0, 0.05) is 0 Å². The van der Waals surface area contributed by atoms with Crippen LogP contribution in [0.5, 0.6) is 0 Å². The van der Waals surface area contributed by atoms with Gasteiger partial charge in [0.2, 0.25) is 0 Å². The van der Waals surface area contributed by atoms with Gasteiger partial charge in [0.25, 0.3) is 0 Å². The van der Waals surface area contributed by atoms with Gasteiger partial charge < -0.3 is 4.74 Å². The Balaban J connectivity index is 2.81. The monoisotopic (exact) mass is 224 g/mol. The molecule has 0 aliphatic rings. The average Bonchev–Trinajstić information content (AvgIpc) is 2.31. The summed E-state index contributed by atoms with van der Waals surface area (Å²) in [5, 5.41) is 3.88. The Kier molecular flexibility index (Phi) is 4.44. The Morgan fingerprint density at radius 3 is 2.56 bits per heavy atom. The van der Waals surface area contributed by atoms with Gasteiger partial charge >= 0.3 is 6.09 Å². The SMILES string of the molecule is CC/C(=N\NC(=O)OC)c1ccc(F)cc1. The molecule has 5 heteroatoms. The van der Waals surface area contributed by atoms with Crippen LogP contribution in [0.4, 0.5) is 9.18 Å². The average molecular weight is 224 g/mol. The number of benzene rings is 1. The zero-order valence-electron chi connectivity index (χ0n) is 9.16. The molecule has 0 aromatic heterocycles. The molecule has 1 aromatic carbocycles. The topological polar surface area (TPSA) is 50.7 Å². The van der Waals surface area contributed by atoms with E-state index >= 15 is 0 Å². The van der Waals surface area contributed by atoms with Crippen LogP contribution in [0.2, 0.25) is 0 Å². The second kappa shape index (κ2) is 5.85. The predicted molar refractivity (Wildman–Crippen MR) is 58.8 cm³/mol. The summed E-state index contributed by atoms with van der Waals surface area (Å²) in [6, 6.07) is 5.91. The number of nitrogens with zero attached hydrogens (tertiary/aromatic N) is 1. The van der Waals surface area contributed by atoms with Gasteiger partial charge in [0.1, 0.15) is 5.82 Å². The van der Waals surface area contributed by atoms with Crippen molar-refractivity contribution in [2.24, 2.45) is 5.10 Å². The molecular weight excluding hydrogens is 211 g/mol. The molecule has 0 fully saturated rings. The van der Waals surface area contributed by atoms with Crippen molar-refractivity contribution in [2.75, 3.05) is 7.11 Å². The standard InChI is InChI=1S/C11H13FN2O2/c1-3-10(13-14-11(15)16-2)8-4-6-9(12)7-5-8/h4-7H,3H2,1-2H3,(H,14,15)/b13-10+. The van der Waals surface area contributed by atoms with Crippen LogP contribution in [0, 0.1) is 5.82 Å². The first-order valence-corrected chi connectivity index (χ1v) is 4.83. The van der Waals surface area contributed by atoms with Crippen LogP contribution in [-0.4, -0.2) is 18.9 Å². The Morgan fingerprint density at radius 2 is 2.06 bits per heavy atom. The Bertz CT molecular complexity index is 387. The third kappa shape index (κ3) is 3.34. The predicted octanol–water partition coefficient (Wildman–Crippen LogP) is 2.30. The van der Waals surface area contributed by atoms with Crippen molar-refractivity contribution in [2.45, 2.75) is 13.3 Å². The minimum atomic E-state index is -0.631. The fourth-order valence-corrected chi connectivity index (χ4v) is 1.15. The van der Waals surface area contributed by atoms with E-state index in [4.69, 9.17) is 0 Å². The number of carbonyl (C=O) groups is 1. The number of hydrogen-bond acceptors (Lipinski definition) is 3. The van der Waals surface area contributed by atoms with Gasteiger partial charge in [-0.2, -0.15) is 5.10 Å². The summed E-state index contributed by atoms with van der Waals surface area (Å²) in [6.07, 6.45) is -0.0108. The molecule has 0 aliphatic heterocycles. The summed E-state index contributed by atoms with van der Waals surface area (Å²) >= 11 is 0. The van der Waals surface area contributed by atoms with Crippen molar-refractivity contribution < 1.29 is 13.9 Å². The second-order valence-corrected chi connectivity index (χ2v) is 3.02. The van der Waals surface area contributed by atoms with E-state index in [-0.39, 0.29) is 5.82 Å². The molecule has 4 nitrogen and oxygen atoms in total. The van der Waals surface area contributed by atoms with E-state index in [2.05, 4.69) is 15.3 Å². The highest BCUT2D eigenvalue weighted by Gasteiger charge is 2.03. The summed E-state index contributed by atoms with van der Waals surface area (Å²) in [6.45, 7) is 1.89. The van der Waals surface area contributed by atoms with E-state index < -0.39 is 6.09 Å². The minimum Gasteiger partial charge on any atom is -0.452 e. The molecule has 16 heavy (non-hydrogen) atoms. The van der Waals surface area contributed by atoms with Crippen LogP contribution in [0.1, 0.15) is 18.9 Å². The quantitative estimate of drug-likeness (QED) is 0.632. The lowest BCUT2D eigenvalue weighted by atomic mass is 10.1. The number of nitrogens with one attached hydrogen (secondary N) is 1. The molecule has 0 bridgehead atoms. The first-order valence-electron chi connectivity index (χ1n) is 4.83. The van der Waals surface area contributed by atoms with E-state index in [0.29, 0.717) is 12.1 Å². The normalized spacial score (nSPS) is 11.1. The molecule has 0 heterocycles. The molecule has 0 saturated carbocycles. The molecule has 0 unspecified atom stereocenters. The number of hydrazone groups is 1. The van der Waals surface area contributed by atoms with Gasteiger partial charge in [-0.15, -0.1) is 0 Å². The summed E-state index contributed by atoms with van der Waals surface area (Å²) in [4.78, 5) is 10.8. The molecule has 86 valence electrons. The number of ether oxygens (including phenoxy) is 1. The Morgan fingerprint density at radius 1 is 1.44 bits per heavy atom. The molecule has 1 aromatic rings. The molecule has 0 atom stereocenters. The van der Waals surface area contributed by atoms with Gasteiger partial charge in [-0.3, -0.25) is 0 Å². The number of rotatable bonds is 3. The lowest BCUT2D eigenvalue weighted by Crippen LogP contribution is -2.19. The smallest absolute Gasteiger partial charge is 0.427 e. The highest BCUT2D eigenvalue weighted by atomic mass is 19.1. The van der Waals surface area contributed by atoms with Crippen LogP contribution in [-0.2, 0) is 4.74 Å². The van der Waals surface area contributed by atoms with Gasteiger partial charge in [0.05, 0.1) is 12.8 Å².